The minimum atomic E-state index is 0.683. The van der Waals surface area contributed by atoms with Gasteiger partial charge in [-0.1, -0.05) is 18.3 Å². The molecule has 0 bridgehead atoms. The molecular weight excluding hydrogens is 130 g/mol. The van der Waals surface area contributed by atoms with Crippen molar-refractivity contribution in [1.29, 1.82) is 0 Å². The molecule has 0 atom stereocenters. The SMILES string of the molecule is C#CC(=NC)SC(=C)C. The Morgan fingerprint density at radius 2 is 2.33 bits per heavy atom. The summed E-state index contributed by atoms with van der Waals surface area (Å²) in [5.74, 6) is 2.44. The number of terminal acetylenes is 1. The zero-order valence-corrected chi connectivity index (χ0v) is 6.46. The molecule has 0 heterocycles. The average molecular weight is 139 g/mol. The van der Waals surface area contributed by atoms with E-state index in [1.165, 1.54) is 11.8 Å². The van der Waals surface area contributed by atoms with Gasteiger partial charge in [-0.25, -0.2) is 0 Å². The maximum Gasteiger partial charge on any atom is 0.145 e. The number of thioether (sulfide) groups is 1. The minimum Gasteiger partial charge on any atom is -0.273 e. The second-order valence-electron chi connectivity index (χ2n) is 1.48. The molecule has 0 aromatic heterocycles. The van der Waals surface area contributed by atoms with E-state index in [1.54, 1.807) is 7.05 Å². The van der Waals surface area contributed by atoms with Crippen LogP contribution in [0.4, 0.5) is 0 Å². The summed E-state index contributed by atoms with van der Waals surface area (Å²) in [5.41, 5.74) is 0. The predicted molar refractivity (Wildman–Crippen MR) is 44.6 cm³/mol. The van der Waals surface area contributed by atoms with Crippen LogP contribution < -0.4 is 0 Å². The Bertz CT molecular complexity index is 174. The van der Waals surface area contributed by atoms with Crippen molar-refractivity contribution in [2.75, 3.05) is 7.05 Å². The third kappa shape index (κ3) is 3.87. The van der Waals surface area contributed by atoms with E-state index in [9.17, 15) is 0 Å². The normalized spacial score (nSPS) is 10.6. The lowest BCUT2D eigenvalue weighted by atomic mass is 10.7. The summed E-state index contributed by atoms with van der Waals surface area (Å²) in [6.45, 7) is 5.57. The van der Waals surface area contributed by atoms with Gasteiger partial charge < -0.3 is 0 Å². The number of rotatable bonds is 1. The van der Waals surface area contributed by atoms with Crippen LogP contribution in [-0.4, -0.2) is 12.1 Å². The Kier molecular flexibility index (Phi) is 3.90. The van der Waals surface area contributed by atoms with E-state index < -0.39 is 0 Å². The highest BCUT2D eigenvalue weighted by atomic mass is 32.2. The number of aliphatic imine (C=N–C) groups is 1. The summed E-state index contributed by atoms with van der Waals surface area (Å²) in [7, 11) is 1.67. The summed E-state index contributed by atoms with van der Waals surface area (Å²) in [4.78, 5) is 4.80. The van der Waals surface area contributed by atoms with Crippen molar-refractivity contribution in [3.05, 3.63) is 11.5 Å². The Morgan fingerprint density at radius 1 is 1.78 bits per heavy atom. The minimum absolute atomic E-state index is 0.683. The summed E-state index contributed by atoms with van der Waals surface area (Å²) < 4.78 is 0. The first-order valence-corrected chi connectivity index (χ1v) is 3.29. The first kappa shape index (κ1) is 8.32. The molecule has 9 heavy (non-hydrogen) atoms. The lowest BCUT2D eigenvalue weighted by molar-refractivity contribution is 1.47. The summed E-state index contributed by atoms with van der Waals surface area (Å²) >= 11 is 1.42. The summed E-state index contributed by atoms with van der Waals surface area (Å²) in [6, 6.07) is 0. The van der Waals surface area contributed by atoms with Crippen LogP contribution in [-0.2, 0) is 0 Å². The molecule has 0 aliphatic heterocycles. The molecular formula is C7H9NS. The summed E-state index contributed by atoms with van der Waals surface area (Å²) in [6.07, 6.45) is 5.09. The highest BCUT2D eigenvalue weighted by Crippen LogP contribution is 2.12. The van der Waals surface area contributed by atoms with Gasteiger partial charge in [0, 0.05) is 7.05 Å². The predicted octanol–water partition coefficient (Wildman–Crippen LogP) is 1.91. The standard InChI is InChI=1S/C7H9NS/c1-5-7(8-4)9-6(2)3/h1H,2H2,3-4H3. The molecule has 0 rings (SSSR count). The highest BCUT2D eigenvalue weighted by Gasteiger charge is 1.91. The van der Waals surface area contributed by atoms with Crippen molar-refractivity contribution in [3.63, 3.8) is 0 Å². The van der Waals surface area contributed by atoms with Crippen LogP contribution in [0.5, 0.6) is 0 Å². The van der Waals surface area contributed by atoms with E-state index in [1.807, 2.05) is 6.92 Å². The number of hydrogen-bond acceptors (Lipinski definition) is 2. The number of nitrogens with zero attached hydrogens (tertiary/aromatic N) is 1. The van der Waals surface area contributed by atoms with Crippen LogP contribution in [0.15, 0.2) is 16.5 Å². The monoisotopic (exact) mass is 139 g/mol. The van der Waals surface area contributed by atoms with Crippen molar-refractivity contribution >= 4 is 16.8 Å². The fourth-order valence-electron chi connectivity index (χ4n) is 0.305. The van der Waals surface area contributed by atoms with Crippen molar-refractivity contribution in [3.8, 4) is 12.3 Å². The first-order valence-electron chi connectivity index (χ1n) is 2.47. The van der Waals surface area contributed by atoms with Crippen LogP contribution in [0.3, 0.4) is 0 Å². The van der Waals surface area contributed by atoms with Crippen molar-refractivity contribution in [2.24, 2.45) is 4.99 Å². The molecule has 0 fully saturated rings. The van der Waals surface area contributed by atoms with Crippen LogP contribution in [0, 0.1) is 12.3 Å². The van der Waals surface area contributed by atoms with E-state index in [-0.39, 0.29) is 0 Å². The zero-order valence-electron chi connectivity index (χ0n) is 5.64. The lowest BCUT2D eigenvalue weighted by Crippen LogP contribution is -1.83. The Labute approximate surface area is 60.3 Å². The fraction of sp³-hybridized carbons (Fsp3) is 0.286. The maximum absolute atomic E-state index is 5.09. The maximum atomic E-state index is 5.09. The third-order valence-corrected chi connectivity index (χ3v) is 1.44. The van der Waals surface area contributed by atoms with Gasteiger partial charge in [-0.05, 0) is 17.7 Å². The largest absolute Gasteiger partial charge is 0.273 e. The number of allylic oxidation sites excluding steroid dienone is 1. The van der Waals surface area contributed by atoms with Crippen LogP contribution in [0.25, 0.3) is 0 Å². The molecule has 0 spiro atoms. The fourth-order valence-corrected chi connectivity index (χ4v) is 0.785. The molecule has 1 nitrogen and oxygen atoms in total. The van der Waals surface area contributed by atoms with E-state index in [4.69, 9.17) is 6.42 Å². The molecule has 0 aromatic carbocycles. The molecule has 0 aromatic rings. The second kappa shape index (κ2) is 4.22. The molecule has 0 N–H and O–H groups in total. The van der Waals surface area contributed by atoms with Gasteiger partial charge in [-0.2, -0.15) is 0 Å². The Hall–Kier alpha value is -0.680. The van der Waals surface area contributed by atoms with Gasteiger partial charge in [0.15, 0.2) is 0 Å². The molecule has 0 unspecified atom stereocenters. The Balaban J connectivity index is 3.91. The summed E-state index contributed by atoms with van der Waals surface area (Å²) in [5, 5.41) is 0.683. The van der Waals surface area contributed by atoms with Crippen molar-refractivity contribution < 1.29 is 0 Å². The van der Waals surface area contributed by atoms with Crippen LogP contribution >= 0.6 is 11.8 Å². The van der Waals surface area contributed by atoms with E-state index in [0.717, 1.165) is 4.91 Å². The molecule has 2 heteroatoms. The first-order chi connectivity index (χ1) is 4.20. The van der Waals surface area contributed by atoms with Gasteiger partial charge in [0.05, 0.1) is 0 Å². The third-order valence-electron chi connectivity index (χ3n) is 0.597. The molecule has 0 saturated carbocycles. The van der Waals surface area contributed by atoms with Crippen LogP contribution in [0.1, 0.15) is 6.92 Å². The molecule has 0 radical (unpaired) electrons. The lowest BCUT2D eigenvalue weighted by Gasteiger charge is -1.93. The number of hydrogen-bond donors (Lipinski definition) is 0. The van der Waals surface area contributed by atoms with Gasteiger partial charge in [-0.15, -0.1) is 6.42 Å². The molecule has 0 saturated heterocycles. The smallest absolute Gasteiger partial charge is 0.145 e. The second-order valence-corrected chi connectivity index (χ2v) is 2.76. The Morgan fingerprint density at radius 3 is 2.44 bits per heavy atom. The highest BCUT2D eigenvalue weighted by molar-refractivity contribution is 8.17. The quantitative estimate of drug-likeness (QED) is 0.307. The molecule has 0 aliphatic carbocycles. The average Bonchev–Trinajstić information content (AvgIpc) is 1.82. The van der Waals surface area contributed by atoms with Gasteiger partial charge in [-0.3, -0.25) is 4.99 Å². The van der Waals surface area contributed by atoms with Gasteiger partial charge in [0.25, 0.3) is 0 Å². The molecule has 0 amide bonds. The van der Waals surface area contributed by atoms with Crippen LogP contribution in [0.2, 0.25) is 0 Å². The van der Waals surface area contributed by atoms with Crippen molar-refractivity contribution in [2.45, 2.75) is 6.92 Å². The zero-order chi connectivity index (χ0) is 7.28. The van der Waals surface area contributed by atoms with Gasteiger partial charge in [0.2, 0.25) is 0 Å². The topological polar surface area (TPSA) is 12.4 Å². The van der Waals surface area contributed by atoms with E-state index in [0.29, 0.717) is 5.04 Å². The van der Waals surface area contributed by atoms with E-state index >= 15 is 0 Å². The van der Waals surface area contributed by atoms with Gasteiger partial charge in [0.1, 0.15) is 5.04 Å². The molecule has 0 aliphatic rings. The van der Waals surface area contributed by atoms with Gasteiger partial charge >= 0.3 is 0 Å². The van der Waals surface area contributed by atoms with Crippen molar-refractivity contribution in [1.82, 2.24) is 0 Å². The molecule has 48 valence electrons. The van der Waals surface area contributed by atoms with E-state index in [2.05, 4.69) is 17.5 Å².